The lowest BCUT2D eigenvalue weighted by molar-refractivity contribution is -0.119. The van der Waals surface area contributed by atoms with E-state index in [4.69, 9.17) is 0 Å². The molecule has 6 nitrogen and oxygen atoms in total. The Morgan fingerprint density at radius 3 is 2.38 bits per heavy atom. The van der Waals surface area contributed by atoms with E-state index in [9.17, 15) is 14.4 Å². The Morgan fingerprint density at radius 2 is 1.69 bits per heavy atom. The van der Waals surface area contributed by atoms with Crippen LogP contribution in [0.25, 0.3) is 0 Å². The van der Waals surface area contributed by atoms with Gasteiger partial charge < -0.3 is 15.5 Å². The molecule has 8 heteroatoms. The highest BCUT2D eigenvalue weighted by molar-refractivity contribution is 7.99. The van der Waals surface area contributed by atoms with Crippen molar-refractivity contribution in [2.24, 2.45) is 0 Å². The van der Waals surface area contributed by atoms with Crippen molar-refractivity contribution in [2.45, 2.75) is 19.9 Å². The molecule has 2 N–H and O–H groups in total. The third kappa shape index (κ3) is 4.87. The Kier molecular flexibility index (Phi) is 6.62. The molecule has 164 valence electrons. The number of anilines is 2. The predicted molar refractivity (Wildman–Crippen MR) is 131 cm³/mol. The molecule has 32 heavy (non-hydrogen) atoms. The van der Waals surface area contributed by atoms with Crippen LogP contribution in [0.2, 0.25) is 0 Å². The third-order valence-corrected chi connectivity index (χ3v) is 7.24. The fraction of sp³-hybridized carbons (Fsp3) is 0.208. The molecule has 1 aliphatic heterocycles. The minimum atomic E-state index is -0.535. The van der Waals surface area contributed by atoms with Gasteiger partial charge in [-0.15, -0.1) is 23.1 Å². The second-order valence-corrected chi connectivity index (χ2v) is 9.54. The van der Waals surface area contributed by atoms with Crippen LogP contribution in [0.3, 0.4) is 0 Å². The highest BCUT2D eigenvalue weighted by atomic mass is 32.2. The maximum absolute atomic E-state index is 13.1. The van der Waals surface area contributed by atoms with Crippen molar-refractivity contribution in [1.82, 2.24) is 4.90 Å². The first kappa shape index (κ1) is 22.1. The highest BCUT2D eigenvalue weighted by Gasteiger charge is 2.35. The van der Waals surface area contributed by atoms with Gasteiger partial charge in [0.05, 0.1) is 10.8 Å². The van der Waals surface area contributed by atoms with Crippen LogP contribution in [-0.4, -0.2) is 40.3 Å². The SMILES string of the molecule is Cc1ccc(NC(=O)C2CSCN2C(=O)c2ccc(NC(=O)c3cccs3)cc2)cc1C. The molecular formula is C24H23N3O3S2. The molecule has 1 saturated heterocycles. The summed E-state index contributed by atoms with van der Waals surface area (Å²) in [6.45, 7) is 4.02. The first-order chi connectivity index (χ1) is 15.4. The summed E-state index contributed by atoms with van der Waals surface area (Å²) in [5, 5.41) is 7.61. The van der Waals surface area contributed by atoms with Gasteiger partial charge in [-0.1, -0.05) is 12.1 Å². The molecule has 1 aliphatic rings. The monoisotopic (exact) mass is 465 g/mol. The number of carbonyl (C=O) groups is 3. The van der Waals surface area contributed by atoms with E-state index in [0.29, 0.717) is 27.8 Å². The maximum Gasteiger partial charge on any atom is 0.265 e. The number of thioether (sulfide) groups is 1. The Hall–Kier alpha value is -3.10. The molecule has 3 aromatic rings. The number of hydrogen-bond donors (Lipinski definition) is 2. The molecule has 0 radical (unpaired) electrons. The number of nitrogens with one attached hydrogen (secondary N) is 2. The van der Waals surface area contributed by atoms with Gasteiger partial charge in [-0.3, -0.25) is 14.4 Å². The molecule has 0 spiro atoms. The lowest BCUT2D eigenvalue weighted by atomic mass is 10.1. The zero-order valence-corrected chi connectivity index (χ0v) is 19.4. The molecule has 1 atom stereocenters. The van der Waals surface area contributed by atoms with E-state index in [2.05, 4.69) is 10.6 Å². The van der Waals surface area contributed by atoms with Crippen molar-refractivity contribution in [3.8, 4) is 0 Å². The first-order valence-electron chi connectivity index (χ1n) is 10.1. The van der Waals surface area contributed by atoms with E-state index >= 15 is 0 Å². The third-order valence-electron chi connectivity index (χ3n) is 5.35. The summed E-state index contributed by atoms with van der Waals surface area (Å²) in [5.41, 5.74) is 4.08. The number of thiophene rings is 1. The lowest BCUT2D eigenvalue weighted by Gasteiger charge is -2.23. The van der Waals surface area contributed by atoms with Crippen molar-refractivity contribution >= 4 is 52.2 Å². The Bertz CT molecular complexity index is 1140. The van der Waals surface area contributed by atoms with Gasteiger partial charge in [0.1, 0.15) is 6.04 Å². The van der Waals surface area contributed by atoms with Gasteiger partial charge in [-0.25, -0.2) is 0 Å². The number of carbonyl (C=O) groups excluding carboxylic acids is 3. The van der Waals surface area contributed by atoms with Crippen LogP contribution in [0.4, 0.5) is 11.4 Å². The van der Waals surface area contributed by atoms with Gasteiger partial charge in [0.2, 0.25) is 5.91 Å². The largest absolute Gasteiger partial charge is 0.324 e. The average Bonchev–Trinajstić information content (AvgIpc) is 3.49. The Morgan fingerprint density at radius 1 is 0.938 bits per heavy atom. The zero-order valence-electron chi connectivity index (χ0n) is 17.8. The van der Waals surface area contributed by atoms with Gasteiger partial charge in [-0.2, -0.15) is 0 Å². The van der Waals surface area contributed by atoms with Crippen LogP contribution in [0, 0.1) is 13.8 Å². The van der Waals surface area contributed by atoms with Crippen molar-refractivity contribution in [3.05, 3.63) is 81.5 Å². The summed E-state index contributed by atoms with van der Waals surface area (Å²) in [7, 11) is 0. The summed E-state index contributed by atoms with van der Waals surface area (Å²) < 4.78 is 0. The average molecular weight is 466 g/mol. The van der Waals surface area contributed by atoms with Crippen LogP contribution in [-0.2, 0) is 4.79 Å². The molecule has 3 amide bonds. The minimum Gasteiger partial charge on any atom is -0.324 e. The molecular weight excluding hydrogens is 442 g/mol. The van der Waals surface area contributed by atoms with Crippen LogP contribution in [0.5, 0.6) is 0 Å². The molecule has 1 fully saturated rings. The summed E-state index contributed by atoms with van der Waals surface area (Å²) in [6, 6.07) is 15.6. The summed E-state index contributed by atoms with van der Waals surface area (Å²) >= 11 is 2.92. The van der Waals surface area contributed by atoms with Crippen LogP contribution >= 0.6 is 23.1 Å². The quantitative estimate of drug-likeness (QED) is 0.569. The topological polar surface area (TPSA) is 78.5 Å². The number of benzene rings is 2. The Balaban J connectivity index is 1.41. The fourth-order valence-electron chi connectivity index (χ4n) is 3.37. The number of rotatable bonds is 5. The summed E-state index contributed by atoms with van der Waals surface area (Å²) in [6.07, 6.45) is 0. The van der Waals surface area contributed by atoms with Gasteiger partial charge >= 0.3 is 0 Å². The molecule has 1 aromatic heterocycles. The normalized spacial score (nSPS) is 15.4. The van der Waals surface area contributed by atoms with Crippen molar-refractivity contribution < 1.29 is 14.4 Å². The number of hydrogen-bond acceptors (Lipinski definition) is 5. The van der Waals surface area contributed by atoms with Gasteiger partial charge in [0, 0.05) is 22.7 Å². The first-order valence-corrected chi connectivity index (χ1v) is 12.2. The number of nitrogens with zero attached hydrogens (tertiary/aromatic N) is 1. The molecule has 0 saturated carbocycles. The molecule has 1 unspecified atom stereocenters. The van der Waals surface area contributed by atoms with E-state index in [-0.39, 0.29) is 17.7 Å². The predicted octanol–water partition coefficient (Wildman–Crippen LogP) is 4.77. The van der Waals surface area contributed by atoms with E-state index in [1.165, 1.54) is 11.3 Å². The van der Waals surface area contributed by atoms with Crippen molar-refractivity contribution in [2.75, 3.05) is 22.3 Å². The molecule has 2 heterocycles. The maximum atomic E-state index is 13.1. The lowest BCUT2D eigenvalue weighted by Crippen LogP contribution is -2.44. The Labute approximate surface area is 195 Å². The zero-order chi connectivity index (χ0) is 22.7. The molecule has 0 bridgehead atoms. The van der Waals surface area contributed by atoms with Gasteiger partial charge in [-0.05, 0) is 72.8 Å². The molecule has 4 rings (SSSR count). The van der Waals surface area contributed by atoms with Crippen LogP contribution in [0.1, 0.15) is 31.2 Å². The minimum absolute atomic E-state index is 0.182. The van der Waals surface area contributed by atoms with Crippen molar-refractivity contribution in [3.63, 3.8) is 0 Å². The smallest absolute Gasteiger partial charge is 0.265 e. The molecule has 2 aromatic carbocycles. The van der Waals surface area contributed by atoms with E-state index in [0.717, 1.165) is 16.8 Å². The van der Waals surface area contributed by atoms with Crippen molar-refractivity contribution in [1.29, 1.82) is 0 Å². The molecule has 0 aliphatic carbocycles. The number of aryl methyl sites for hydroxylation is 2. The second-order valence-electron chi connectivity index (χ2n) is 7.59. The van der Waals surface area contributed by atoms with Crippen LogP contribution in [0.15, 0.2) is 60.0 Å². The standard InChI is InChI=1S/C24H23N3O3S2/c1-15-5-8-19(12-16(15)2)26-22(28)20-13-31-14-27(20)24(30)17-6-9-18(10-7-17)25-23(29)21-4-3-11-32-21/h3-12,20H,13-14H2,1-2H3,(H,25,29)(H,26,28). The van der Waals surface area contributed by atoms with Gasteiger partial charge in [0.15, 0.2) is 0 Å². The van der Waals surface area contributed by atoms with E-state index < -0.39 is 6.04 Å². The van der Waals surface area contributed by atoms with Gasteiger partial charge in [0.25, 0.3) is 11.8 Å². The number of amides is 3. The van der Waals surface area contributed by atoms with Crippen LogP contribution < -0.4 is 10.6 Å². The second kappa shape index (κ2) is 9.58. The van der Waals surface area contributed by atoms with E-state index in [1.807, 2.05) is 43.5 Å². The summed E-state index contributed by atoms with van der Waals surface area (Å²) in [4.78, 5) is 40.4. The fourth-order valence-corrected chi connectivity index (χ4v) is 5.14. The highest BCUT2D eigenvalue weighted by Crippen LogP contribution is 2.25. The summed E-state index contributed by atoms with van der Waals surface area (Å²) in [5.74, 6) is 0.439. The van der Waals surface area contributed by atoms with E-state index in [1.54, 1.807) is 47.0 Å².